The molecule has 0 radical (unpaired) electrons. The molecule has 4 rings (SSSR count). The van der Waals surface area contributed by atoms with Gasteiger partial charge in [0, 0.05) is 24.5 Å². The molecule has 3 heterocycles. The molecular weight excluding hydrogens is 344 g/mol. The number of aromatic nitrogens is 5. The molecule has 1 N–H and O–H groups in total. The Morgan fingerprint density at radius 3 is 2.63 bits per heavy atom. The van der Waals surface area contributed by atoms with E-state index in [1.807, 2.05) is 30.3 Å². The highest BCUT2D eigenvalue weighted by Crippen LogP contribution is 2.22. The number of hydrogen-bond donors (Lipinski definition) is 1. The van der Waals surface area contributed by atoms with Crippen molar-refractivity contribution in [1.29, 1.82) is 0 Å². The van der Waals surface area contributed by atoms with Crippen molar-refractivity contribution in [2.24, 2.45) is 0 Å². The summed E-state index contributed by atoms with van der Waals surface area (Å²) in [7, 11) is 0. The Morgan fingerprint density at radius 2 is 1.89 bits per heavy atom. The molecule has 27 heavy (non-hydrogen) atoms. The van der Waals surface area contributed by atoms with Crippen LogP contribution >= 0.6 is 0 Å². The van der Waals surface area contributed by atoms with Gasteiger partial charge in [-0.2, -0.15) is 5.21 Å². The van der Waals surface area contributed by atoms with Gasteiger partial charge in [-0.15, -0.1) is 10.2 Å². The van der Waals surface area contributed by atoms with Crippen LogP contribution in [0.3, 0.4) is 0 Å². The fraction of sp³-hybridized carbons (Fsp3) is 0.105. The Morgan fingerprint density at radius 1 is 1.04 bits per heavy atom. The maximum atomic E-state index is 13.4. The monoisotopic (exact) mass is 360 g/mol. The zero-order chi connectivity index (χ0) is 18.5. The second kappa shape index (κ2) is 7.61. The zero-order valence-electron chi connectivity index (χ0n) is 14.3. The lowest BCUT2D eigenvalue weighted by atomic mass is 10.1. The van der Waals surface area contributed by atoms with Crippen LogP contribution in [0.15, 0.2) is 71.6 Å². The summed E-state index contributed by atoms with van der Waals surface area (Å²) in [5.74, 6) is 0.930. The quantitative estimate of drug-likeness (QED) is 0.567. The van der Waals surface area contributed by atoms with Crippen molar-refractivity contribution >= 4 is 5.91 Å². The summed E-state index contributed by atoms with van der Waals surface area (Å²) in [5.41, 5.74) is 2.09. The molecule has 0 saturated carbocycles. The maximum absolute atomic E-state index is 13.4. The lowest BCUT2D eigenvalue weighted by molar-refractivity contribution is 0.0718. The van der Waals surface area contributed by atoms with Crippen molar-refractivity contribution in [1.82, 2.24) is 30.5 Å². The van der Waals surface area contributed by atoms with Crippen molar-refractivity contribution in [2.45, 2.75) is 13.1 Å². The molecule has 4 aromatic rings. The van der Waals surface area contributed by atoms with Gasteiger partial charge in [-0.1, -0.05) is 18.2 Å². The number of rotatable bonds is 6. The van der Waals surface area contributed by atoms with Gasteiger partial charge in [-0.25, -0.2) is 0 Å². The van der Waals surface area contributed by atoms with Crippen LogP contribution in [0.1, 0.15) is 21.7 Å². The Labute approximate surface area is 154 Å². The summed E-state index contributed by atoms with van der Waals surface area (Å²) < 4.78 is 5.44. The highest BCUT2D eigenvalue weighted by atomic mass is 16.3. The first-order valence-electron chi connectivity index (χ1n) is 8.34. The van der Waals surface area contributed by atoms with Crippen LogP contribution in [0.2, 0.25) is 0 Å². The average molecular weight is 360 g/mol. The zero-order valence-corrected chi connectivity index (χ0v) is 14.3. The second-order valence-corrected chi connectivity index (χ2v) is 5.88. The number of carbonyl (C=O) groups excluding carboxylic acids is 1. The van der Waals surface area contributed by atoms with Crippen LogP contribution in [-0.4, -0.2) is 36.4 Å². The number of benzene rings is 1. The summed E-state index contributed by atoms with van der Waals surface area (Å²) in [5, 5.41) is 14.0. The fourth-order valence-corrected chi connectivity index (χ4v) is 2.81. The van der Waals surface area contributed by atoms with E-state index >= 15 is 0 Å². The van der Waals surface area contributed by atoms with Gasteiger partial charge in [-0.05, 0) is 41.1 Å². The van der Waals surface area contributed by atoms with Gasteiger partial charge in [0.25, 0.3) is 5.91 Å². The molecule has 1 amide bonds. The van der Waals surface area contributed by atoms with Gasteiger partial charge in [0.05, 0.1) is 18.4 Å². The third kappa shape index (κ3) is 3.74. The van der Waals surface area contributed by atoms with Gasteiger partial charge in [0.2, 0.25) is 5.82 Å². The first kappa shape index (κ1) is 16.6. The molecule has 0 atom stereocenters. The lowest BCUT2D eigenvalue weighted by Gasteiger charge is -2.23. The minimum Gasteiger partial charge on any atom is -0.467 e. The molecule has 0 saturated heterocycles. The van der Waals surface area contributed by atoms with Gasteiger partial charge in [0.1, 0.15) is 5.76 Å². The summed E-state index contributed by atoms with van der Waals surface area (Å²) in [4.78, 5) is 19.1. The summed E-state index contributed by atoms with van der Waals surface area (Å²) in [6.07, 6.45) is 5.01. The predicted molar refractivity (Wildman–Crippen MR) is 96.1 cm³/mol. The normalized spacial score (nSPS) is 10.7. The highest BCUT2D eigenvalue weighted by molar-refractivity contribution is 6.00. The predicted octanol–water partition coefficient (Wildman–Crippen LogP) is 2.70. The highest BCUT2D eigenvalue weighted by Gasteiger charge is 2.22. The number of pyridine rings is 1. The Balaban J connectivity index is 1.68. The number of tetrazole rings is 1. The standard InChI is InChI=1S/C19H16N6O2/c26-19(17-6-2-1-5-16(17)18-21-23-24-22-18)25(13-15-4-3-11-27-15)12-14-7-9-20-10-8-14/h1-11H,12-13H2,(H,21,22,23,24). The largest absolute Gasteiger partial charge is 0.467 e. The summed E-state index contributed by atoms with van der Waals surface area (Å²) in [6, 6.07) is 14.6. The van der Waals surface area contributed by atoms with Crippen molar-refractivity contribution in [2.75, 3.05) is 0 Å². The number of aromatic amines is 1. The van der Waals surface area contributed by atoms with E-state index in [0.29, 0.717) is 35.8 Å². The Kier molecular flexibility index (Phi) is 4.69. The number of carbonyl (C=O) groups is 1. The van der Waals surface area contributed by atoms with Crippen LogP contribution in [-0.2, 0) is 13.1 Å². The lowest BCUT2D eigenvalue weighted by Crippen LogP contribution is -2.30. The number of furan rings is 1. The molecule has 0 aliphatic rings. The molecule has 1 aromatic carbocycles. The van der Waals surface area contributed by atoms with Crippen LogP contribution < -0.4 is 0 Å². The van der Waals surface area contributed by atoms with Gasteiger partial charge >= 0.3 is 0 Å². The third-order valence-electron chi connectivity index (χ3n) is 4.08. The number of hydrogen-bond acceptors (Lipinski definition) is 6. The van der Waals surface area contributed by atoms with E-state index in [-0.39, 0.29) is 5.91 Å². The number of nitrogens with one attached hydrogen (secondary N) is 1. The molecule has 0 unspecified atom stereocenters. The number of nitrogens with zero attached hydrogens (tertiary/aromatic N) is 5. The SMILES string of the molecule is O=C(c1ccccc1-c1nn[nH]n1)N(Cc1ccncc1)Cc1ccco1. The van der Waals surface area contributed by atoms with E-state index in [4.69, 9.17) is 4.42 Å². The molecule has 0 bridgehead atoms. The molecule has 8 nitrogen and oxygen atoms in total. The van der Waals surface area contributed by atoms with Crippen LogP contribution in [0.25, 0.3) is 11.4 Å². The Hall–Kier alpha value is -3.81. The van der Waals surface area contributed by atoms with Crippen molar-refractivity contribution in [3.63, 3.8) is 0 Å². The van der Waals surface area contributed by atoms with Gasteiger partial charge in [0.15, 0.2) is 0 Å². The molecule has 8 heteroatoms. The fourth-order valence-electron chi connectivity index (χ4n) is 2.81. The molecule has 0 aliphatic heterocycles. The average Bonchev–Trinajstić information content (AvgIpc) is 3.42. The van der Waals surface area contributed by atoms with Crippen molar-refractivity contribution in [3.05, 3.63) is 84.1 Å². The Bertz CT molecular complexity index is 1000. The number of H-pyrrole nitrogens is 1. The van der Waals surface area contributed by atoms with E-state index in [2.05, 4.69) is 25.6 Å². The van der Waals surface area contributed by atoms with E-state index in [9.17, 15) is 4.79 Å². The van der Waals surface area contributed by atoms with Crippen molar-refractivity contribution in [3.8, 4) is 11.4 Å². The topological polar surface area (TPSA) is 101 Å². The molecule has 0 aliphatic carbocycles. The van der Waals surface area contributed by atoms with E-state index in [1.165, 1.54) is 0 Å². The summed E-state index contributed by atoms with van der Waals surface area (Å²) >= 11 is 0. The molecule has 0 spiro atoms. The first-order valence-corrected chi connectivity index (χ1v) is 8.34. The minimum absolute atomic E-state index is 0.149. The molecule has 3 aromatic heterocycles. The minimum atomic E-state index is -0.149. The maximum Gasteiger partial charge on any atom is 0.255 e. The molecule has 0 fully saturated rings. The van der Waals surface area contributed by atoms with E-state index in [0.717, 1.165) is 5.56 Å². The second-order valence-electron chi connectivity index (χ2n) is 5.88. The van der Waals surface area contributed by atoms with Gasteiger partial charge < -0.3 is 9.32 Å². The van der Waals surface area contributed by atoms with E-state index in [1.54, 1.807) is 41.8 Å². The van der Waals surface area contributed by atoms with Crippen LogP contribution in [0, 0.1) is 0 Å². The van der Waals surface area contributed by atoms with Crippen LogP contribution in [0.4, 0.5) is 0 Å². The van der Waals surface area contributed by atoms with Crippen molar-refractivity contribution < 1.29 is 9.21 Å². The molecular formula is C19H16N6O2. The number of amides is 1. The van der Waals surface area contributed by atoms with E-state index < -0.39 is 0 Å². The third-order valence-corrected chi connectivity index (χ3v) is 4.08. The molecule has 134 valence electrons. The smallest absolute Gasteiger partial charge is 0.255 e. The summed E-state index contributed by atoms with van der Waals surface area (Å²) in [6.45, 7) is 0.761. The van der Waals surface area contributed by atoms with Gasteiger partial charge in [-0.3, -0.25) is 9.78 Å². The first-order chi connectivity index (χ1) is 13.3. The van der Waals surface area contributed by atoms with Crippen LogP contribution in [0.5, 0.6) is 0 Å².